The highest BCUT2D eigenvalue weighted by Gasteiger charge is 2.33. The Balaban J connectivity index is 1.49. The molecule has 1 atom stereocenters. The highest BCUT2D eigenvalue weighted by molar-refractivity contribution is 5.74. The molecule has 1 fully saturated rings. The van der Waals surface area contributed by atoms with Crippen LogP contribution in [0.15, 0.2) is 34.9 Å². The summed E-state index contributed by atoms with van der Waals surface area (Å²) in [5.74, 6) is 1.13. The smallest absolute Gasteiger partial charge is 0.318 e. The minimum Gasteiger partial charge on any atom is -0.376 e. The number of carbonyl (C=O) groups is 1. The van der Waals surface area contributed by atoms with E-state index in [1.807, 2.05) is 37.3 Å². The molecule has 0 bridgehead atoms. The Morgan fingerprint density at radius 1 is 1.40 bits per heavy atom. The molecule has 2 amide bonds. The maximum absolute atomic E-state index is 12.1. The van der Waals surface area contributed by atoms with Crippen LogP contribution in [0.4, 0.5) is 4.79 Å². The first-order valence-electron chi connectivity index (χ1n) is 8.76. The van der Waals surface area contributed by atoms with Crippen molar-refractivity contribution < 1.29 is 14.1 Å². The molecule has 1 aromatic heterocycles. The van der Waals surface area contributed by atoms with Crippen LogP contribution < -0.4 is 5.32 Å². The zero-order valence-corrected chi connectivity index (χ0v) is 14.5. The molecule has 7 heteroatoms. The molecule has 0 saturated carbocycles. The summed E-state index contributed by atoms with van der Waals surface area (Å²) in [4.78, 5) is 18.3. The van der Waals surface area contributed by atoms with E-state index < -0.39 is 0 Å². The lowest BCUT2D eigenvalue weighted by atomic mass is 10.2. The SMILES string of the molecule is CCNC(=O)N1CCCC1c1nc(CCOCc2ccccc2)no1. The Labute approximate surface area is 147 Å². The van der Waals surface area contributed by atoms with Crippen LogP contribution in [0.3, 0.4) is 0 Å². The largest absolute Gasteiger partial charge is 0.376 e. The van der Waals surface area contributed by atoms with E-state index in [9.17, 15) is 4.79 Å². The van der Waals surface area contributed by atoms with Crippen molar-refractivity contribution in [1.29, 1.82) is 0 Å². The van der Waals surface area contributed by atoms with Crippen molar-refractivity contribution in [2.45, 2.75) is 38.8 Å². The molecule has 1 N–H and O–H groups in total. The number of likely N-dealkylation sites (tertiary alicyclic amines) is 1. The van der Waals surface area contributed by atoms with Gasteiger partial charge in [0.05, 0.1) is 13.2 Å². The van der Waals surface area contributed by atoms with Gasteiger partial charge in [0.2, 0.25) is 5.89 Å². The van der Waals surface area contributed by atoms with E-state index in [4.69, 9.17) is 9.26 Å². The number of aromatic nitrogens is 2. The second-order valence-electron chi connectivity index (χ2n) is 6.02. The average Bonchev–Trinajstić information content (AvgIpc) is 3.29. The lowest BCUT2D eigenvalue weighted by molar-refractivity contribution is 0.122. The fraction of sp³-hybridized carbons (Fsp3) is 0.500. The van der Waals surface area contributed by atoms with E-state index in [2.05, 4.69) is 15.5 Å². The van der Waals surface area contributed by atoms with Gasteiger partial charge in [-0.25, -0.2) is 4.79 Å². The first-order valence-corrected chi connectivity index (χ1v) is 8.76. The zero-order valence-electron chi connectivity index (χ0n) is 14.5. The third-order valence-electron chi connectivity index (χ3n) is 4.19. The van der Waals surface area contributed by atoms with Gasteiger partial charge in [-0.2, -0.15) is 4.98 Å². The minimum absolute atomic E-state index is 0.0732. The molecular formula is C18H24N4O3. The van der Waals surface area contributed by atoms with Crippen molar-refractivity contribution in [1.82, 2.24) is 20.4 Å². The van der Waals surface area contributed by atoms with Gasteiger partial charge in [-0.05, 0) is 25.3 Å². The molecule has 1 unspecified atom stereocenters. The van der Waals surface area contributed by atoms with E-state index >= 15 is 0 Å². The molecule has 25 heavy (non-hydrogen) atoms. The van der Waals surface area contributed by atoms with Crippen LogP contribution >= 0.6 is 0 Å². The van der Waals surface area contributed by atoms with Crippen molar-refractivity contribution >= 4 is 6.03 Å². The molecule has 2 heterocycles. The highest BCUT2D eigenvalue weighted by Crippen LogP contribution is 2.30. The molecule has 0 radical (unpaired) electrons. The fourth-order valence-corrected chi connectivity index (χ4v) is 2.95. The fourth-order valence-electron chi connectivity index (χ4n) is 2.95. The first-order chi connectivity index (χ1) is 12.3. The number of hydrogen-bond acceptors (Lipinski definition) is 5. The average molecular weight is 344 g/mol. The minimum atomic E-state index is -0.127. The molecule has 3 rings (SSSR count). The molecule has 1 aliphatic heterocycles. The zero-order chi connectivity index (χ0) is 17.5. The van der Waals surface area contributed by atoms with Gasteiger partial charge < -0.3 is 19.5 Å². The number of rotatable bonds is 7. The number of nitrogens with zero attached hydrogens (tertiary/aromatic N) is 3. The van der Waals surface area contributed by atoms with Gasteiger partial charge in [0, 0.05) is 19.5 Å². The van der Waals surface area contributed by atoms with E-state index in [1.165, 1.54) is 0 Å². The maximum atomic E-state index is 12.1. The number of urea groups is 1. The van der Waals surface area contributed by atoms with Gasteiger partial charge in [0.15, 0.2) is 5.82 Å². The van der Waals surface area contributed by atoms with Crippen LogP contribution in [0.25, 0.3) is 0 Å². The van der Waals surface area contributed by atoms with Crippen molar-refractivity contribution in [3.63, 3.8) is 0 Å². The molecule has 0 spiro atoms. The third-order valence-corrected chi connectivity index (χ3v) is 4.19. The monoisotopic (exact) mass is 344 g/mol. The van der Waals surface area contributed by atoms with Crippen LogP contribution in [0, 0.1) is 0 Å². The van der Waals surface area contributed by atoms with Crippen molar-refractivity contribution in [2.75, 3.05) is 19.7 Å². The standard InChI is InChI=1S/C18H24N4O3/c1-2-19-18(23)22-11-6-9-15(22)17-20-16(21-25-17)10-12-24-13-14-7-4-3-5-8-14/h3-5,7-8,15H,2,6,9-13H2,1H3,(H,19,23). The number of benzene rings is 1. The van der Waals surface area contributed by atoms with E-state index in [-0.39, 0.29) is 12.1 Å². The normalized spacial score (nSPS) is 17.0. The Morgan fingerprint density at radius 2 is 2.24 bits per heavy atom. The molecule has 1 aliphatic rings. The predicted octanol–water partition coefficient (Wildman–Crippen LogP) is 2.70. The second-order valence-corrected chi connectivity index (χ2v) is 6.02. The highest BCUT2D eigenvalue weighted by atomic mass is 16.5. The van der Waals surface area contributed by atoms with Gasteiger partial charge in [-0.3, -0.25) is 0 Å². The van der Waals surface area contributed by atoms with Crippen LogP contribution in [0.5, 0.6) is 0 Å². The van der Waals surface area contributed by atoms with Crippen molar-refractivity contribution in [3.05, 3.63) is 47.6 Å². The molecule has 134 valence electrons. The summed E-state index contributed by atoms with van der Waals surface area (Å²) in [6.45, 7) is 4.32. The predicted molar refractivity (Wildman–Crippen MR) is 91.9 cm³/mol. The summed E-state index contributed by atoms with van der Waals surface area (Å²) in [6, 6.07) is 9.83. The van der Waals surface area contributed by atoms with Crippen LogP contribution in [0.1, 0.15) is 43.1 Å². The van der Waals surface area contributed by atoms with Gasteiger partial charge in [0.25, 0.3) is 0 Å². The maximum Gasteiger partial charge on any atom is 0.318 e. The summed E-state index contributed by atoms with van der Waals surface area (Å²) in [5, 5.41) is 6.85. The van der Waals surface area contributed by atoms with Crippen molar-refractivity contribution in [3.8, 4) is 0 Å². The van der Waals surface area contributed by atoms with Crippen molar-refractivity contribution in [2.24, 2.45) is 0 Å². The van der Waals surface area contributed by atoms with Gasteiger partial charge in [0.1, 0.15) is 6.04 Å². The Morgan fingerprint density at radius 3 is 3.04 bits per heavy atom. The summed E-state index contributed by atoms with van der Waals surface area (Å²) in [6.07, 6.45) is 2.38. The van der Waals surface area contributed by atoms with E-state index in [0.717, 1.165) is 18.4 Å². The first kappa shape index (κ1) is 17.4. The lowest BCUT2D eigenvalue weighted by Crippen LogP contribution is -2.39. The molecular weight excluding hydrogens is 320 g/mol. The second kappa shape index (κ2) is 8.62. The molecule has 1 aromatic carbocycles. The molecule has 1 saturated heterocycles. The summed E-state index contributed by atoms with van der Waals surface area (Å²) in [5.41, 5.74) is 1.14. The Kier molecular flexibility index (Phi) is 6.00. The van der Waals surface area contributed by atoms with Gasteiger partial charge in [-0.1, -0.05) is 35.5 Å². The van der Waals surface area contributed by atoms with E-state index in [0.29, 0.717) is 44.4 Å². The quantitative estimate of drug-likeness (QED) is 0.781. The lowest BCUT2D eigenvalue weighted by Gasteiger charge is -2.21. The number of carbonyl (C=O) groups excluding carboxylic acids is 1. The summed E-state index contributed by atoms with van der Waals surface area (Å²) in [7, 11) is 0. The Hall–Kier alpha value is -2.41. The third kappa shape index (κ3) is 4.57. The number of hydrogen-bond donors (Lipinski definition) is 1. The van der Waals surface area contributed by atoms with E-state index in [1.54, 1.807) is 4.90 Å². The number of amides is 2. The summed E-state index contributed by atoms with van der Waals surface area (Å²) >= 11 is 0. The number of ether oxygens (including phenoxy) is 1. The number of nitrogens with one attached hydrogen (secondary N) is 1. The van der Waals surface area contributed by atoms with Crippen LogP contribution in [0.2, 0.25) is 0 Å². The van der Waals surface area contributed by atoms with Gasteiger partial charge >= 0.3 is 6.03 Å². The molecule has 7 nitrogen and oxygen atoms in total. The Bertz CT molecular complexity index is 674. The van der Waals surface area contributed by atoms with Crippen LogP contribution in [-0.4, -0.2) is 40.8 Å². The molecule has 2 aromatic rings. The topological polar surface area (TPSA) is 80.5 Å². The summed E-state index contributed by atoms with van der Waals surface area (Å²) < 4.78 is 11.0. The van der Waals surface area contributed by atoms with Gasteiger partial charge in [-0.15, -0.1) is 0 Å². The van der Waals surface area contributed by atoms with Crippen LogP contribution in [-0.2, 0) is 17.8 Å². The molecule has 0 aliphatic carbocycles.